The summed E-state index contributed by atoms with van der Waals surface area (Å²) in [5, 5.41) is 14.8. The highest BCUT2D eigenvalue weighted by Crippen LogP contribution is 2.29. The van der Waals surface area contributed by atoms with Crippen LogP contribution in [0.3, 0.4) is 0 Å². The van der Waals surface area contributed by atoms with E-state index in [1.165, 1.54) is 6.20 Å². The van der Waals surface area contributed by atoms with Crippen molar-refractivity contribution < 1.29 is 14.6 Å². The van der Waals surface area contributed by atoms with Crippen molar-refractivity contribution in [1.82, 2.24) is 19.9 Å². The summed E-state index contributed by atoms with van der Waals surface area (Å²) in [6, 6.07) is 16.7. The zero-order valence-corrected chi connectivity index (χ0v) is 18.3. The Balaban J connectivity index is 1.59. The number of hydrogen-bond acceptors (Lipinski definition) is 6. The Labute approximate surface area is 187 Å². The maximum absolute atomic E-state index is 12.3. The Morgan fingerprint density at radius 2 is 2.00 bits per heavy atom. The fourth-order valence-corrected chi connectivity index (χ4v) is 3.31. The molecule has 0 bridgehead atoms. The van der Waals surface area contributed by atoms with Crippen LogP contribution in [0.2, 0.25) is 0 Å². The molecule has 0 radical (unpaired) electrons. The summed E-state index contributed by atoms with van der Waals surface area (Å²) in [5.74, 6) is 1.14. The van der Waals surface area contributed by atoms with Crippen LogP contribution in [0.1, 0.15) is 10.5 Å². The number of halogens is 1. The summed E-state index contributed by atoms with van der Waals surface area (Å²) in [4.78, 5) is 21.1. The highest BCUT2D eigenvalue weighted by atomic mass is 79.9. The van der Waals surface area contributed by atoms with Crippen LogP contribution in [0.5, 0.6) is 11.5 Å². The molecular weight excluding hydrogens is 462 g/mol. The van der Waals surface area contributed by atoms with Crippen molar-refractivity contribution in [2.24, 2.45) is 7.05 Å². The highest BCUT2D eigenvalue weighted by Gasteiger charge is 2.15. The molecule has 0 aliphatic carbocycles. The lowest BCUT2D eigenvalue weighted by Crippen LogP contribution is -2.27. The predicted octanol–water partition coefficient (Wildman–Crippen LogP) is 3.99. The third-order valence-corrected chi connectivity index (χ3v) is 5.09. The molecule has 1 amide bonds. The second-order valence-corrected chi connectivity index (χ2v) is 7.62. The number of rotatable bonds is 7. The first-order valence-electron chi connectivity index (χ1n) is 9.56. The van der Waals surface area contributed by atoms with E-state index in [1.54, 1.807) is 12.1 Å². The number of fused-ring (bicyclic) bond motifs is 1. The van der Waals surface area contributed by atoms with Crippen LogP contribution in [0.15, 0.2) is 65.3 Å². The van der Waals surface area contributed by atoms with Gasteiger partial charge in [0.05, 0.1) is 17.6 Å². The number of pyridine rings is 1. The maximum Gasteiger partial charge on any atom is 0.273 e. The average molecular weight is 482 g/mol. The van der Waals surface area contributed by atoms with Crippen LogP contribution in [-0.2, 0) is 7.05 Å². The monoisotopic (exact) mass is 481 g/mol. The van der Waals surface area contributed by atoms with Gasteiger partial charge in [-0.25, -0.2) is 9.97 Å². The molecule has 2 aromatic carbocycles. The molecule has 0 saturated carbocycles. The summed E-state index contributed by atoms with van der Waals surface area (Å²) in [6.07, 6.45) is 1.52. The van der Waals surface area contributed by atoms with Crippen molar-refractivity contribution in [3.8, 4) is 11.5 Å². The number of nitrogens with zero attached hydrogens (tertiary/aromatic N) is 3. The van der Waals surface area contributed by atoms with Crippen LogP contribution in [0.4, 0.5) is 11.6 Å². The number of aliphatic hydroxyl groups excluding tert-OH is 1. The topological polar surface area (TPSA) is 101 Å². The van der Waals surface area contributed by atoms with Crippen molar-refractivity contribution in [1.29, 1.82) is 0 Å². The molecule has 0 spiro atoms. The van der Waals surface area contributed by atoms with E-state index in [0.29, 0.717) is 17.4 Å². The molecule has 8 nitrogen and oxygen atoms in total. The largest absolute Gasteiger partial charge is 0.455 e. The average Bonchev–Trinajstić information content (AvgIpc) is 3.08. The van der Waals surface area contributed by atoms with E-state index in [-0.39, 0.29) is 18.8 Å². The molecule has 4 rings (SSSR count). The van der Waals surface area contributed by atoms with E-state index in [4.69, 9.17) is 9.84 Å². The predicted molar refractivity (Wildman–Crippen MR) is 122 cm³/mol. The van der Waals surface area contributed by atoms with Gasteiger partial charge in [0.25, 0.3) is 5.91 Å². The molecule has 9 heteroatoms. The number of hydrogen-bond donors (Lipinski definition) is 3. The fourth-order valence-electron chi connectivity index (χ4n) is 3.04. The van der Waals surface area contributed by atoms with Gasteiger partial charge >= 0.3 is 0 Å². The number of benzene rings is 2. The molecule has 0 unspecified atom stereocenters. The normalized spacial score (nSPS) is 10.8. The summed E-state index contributed by atoms with van der Waals surface area (Å²) in [6.45, 7) is -0.00931. The molecule has 0 atom stereocenters. The molecule has 31 heavy (non-hydrogen) atoms. The van der Waals surface area contributed by atoms with Crippen molar-refractivity contribution in [3.63, 3.8) is 0 Å². The van der Waals surface area contributed by atoms with Gasteiger partial charge in [-0.2, -0.15) is 0 Å². The standard InChI is InChI=1S/C22H20BrN5O3/c1-28-18-9-8-16(31-19-3-2-10-24-20(19)21(30)25-11-12-29)13-17(18)27-22(28)26-15-6-4-14(23)5-7-15/h2-10,13,29H,11-12H2,1H3,(H,25,30)(H,26,27). The first kappa shape index (κ1) is 20.8. The van der Waals surface area contributed by atoms with Gasteiger partial charge in [-0.1, -0.05) is 15.9 Å². The summed E-state index contributed by atoms with van der Waals surface area (Å²) in [5.41, 5.74) is 2.75. The fraction of sp³-hybridized carbons (Fsp3) is 0.136. The minimum Gasteiger partial charge on any atom is -0.455 e. The lowest BCUT2D eigenvalue weighted by Gasteiger charge is -2.10. The van der Waals surface area contributed by atoms with E-state index in [1.807, 2.05) is 54.1 Å². The molecule has 4 aromatic rings. The third kappa shape index (κ3) is 4.68. The SMILES string of the molecule is Cn1c(Nc2ccc(Br)cc2)nc2cc(Oc3cccnc3C(=O)NCCO)ccc21. The third-order valence-electron chi connectivity index (χ3n) is 4.56. The number of nitrogens with one attached hydrogen (secondary N) is 2. The van der Waals surface area contributed by atoms with Crippen LogP contribution in [-0.4, -0.2) is 38.7 Å². The van der Waals surface area contributed by atoms with Gasteiger partial charge in [-0.3, -0.25) is 4.79 Å². The number of aromatic nitrogens is 3. The van der Waals surface area contributed by atoms with E-state index >= 15 is 0 Å². The zero-order chi connectivity index (χ0) is 21.8. The number of aryl methyl sites for hydroxylation is 1. The van der Waals surface area contributed by atoms with E-state index in [2.05, 4.69) is 36.5 Å². The van der Waals surface area contributed by atoms with Gasteiger partial charge in [0.1, 0.15) is 5.75 Å². The smallest absolute Gasteiger partial charge is 0.273 e. The highest BCUT2D eigenvalue weighted by molar-refractivity contribution is 9.10. The van der Waals surface area contributed by atoms with Gasteiger partial charge in [0.15, 0.2) is 11.4 Å². The Bertz CT molecular complexity index is 1220. The first-order valence-corrected chi connectivity index (χ1v) is 10.4. The van der Waals surface area contributed by atoms with Crippen LogP contribution >= 0.6 is 15.9 Å². The zero-order valence-electron chi connectivity index (χ0n) is 16.7. The molecule has 158 valence electrons. The van der Waals surface area contributed by atoms with Crippen molar-refractivity contribution in [3.05, 3.63) is 71.0 Å². The van der Waals surface area contributed by atoms with Crippen molar-refractivity contribution in [2.75, 3.05) is 18.5 Å². The number of aliphatic hydroxyl groups is 1. The minimum absolute atomic E-state index is 0.142. The number of amides is 1. The first-order chi connectivity index (χ1) is 15.0. The molecule has 2 heterocycles. The Kier molecular flexibility index (Phi) is 6.15. The van der Waals surface area contributed by atoms with Gasteiger partial charge in [0, 0.05) is 36.0 Å². The second-order valence-electron chi connectivity index (χ2n) is 6.71. The number of carbonyl (C=O) groups excluding carboxylic acids is 1. The molecule has 2 aromatic heterocycles. The lowest BCUT2D eigenvalue weighted by molar-refractivity contribution is 0.0937. The lowest BCUT2D eigenvalue weighted by atomic mass is 10.2. The van der Waals surface area contributed by atoms with E-state index in [9.17, 15) is 4.79 Å². The van der Waals surface area contributed by atoms with E-state index in [0.717, 1.165) is 21.2 Å². The summed E-state index contributed by atoms with van der Waals surface area (Å²) in [7, 11) is 1.93. The number of ether oxygens (including phenoxy) is 1. The molecule has 0 saturated heterocycles. The van der Waals surface area contributed by atoms with Crippen molar-refractivity contribution >= 4 is 44.5 Å². The Hall–Kier alpha value is -3.43. The second kappa shape index (κ2) is 9.15. The maximum atomic E-state index is 12.3. The van der Waals surface area contributed by atoms with Crippen LogP contribution in [0.25, 0.3) is 11.0 Å². The van der Waals surface area contributed by atoms with Crippen LogP contribution < -0.4 is 15.4 Å². The molecule has 0 fully saturated rings. The number of carbonyl (C=O) groups is 1. The molecule has 0 aliphatic heterocycles. The minimum atomic E-state index is -0.412. The number of anilines is 2. The van der Waals surface area contributed by atoms with Gasteiger partial charge in [-0.15, -0.1) is 0 Å². The summed E-state index contributed by atoms with van der Waals surface area (Å²) < 4.78 is 8.90. The van der Waals surface area contributed by atoms with Gasteiger partial charge in [0.2, 0.25) is 5.95 Å². The molecule has 3 N–H and O–H groups in total. The van der Waals surface area contributed by atoms with E-state index < -0.39 is 5.91 Å². The van der Waals surface area contributed by atoms with Crippen LogP contribution in [0, 0.1) is 0 Å². The van der Waals surface area contributed by atoms with Crippen molar-refractivity contribution in [2.45, 2.75) is 0 Å². The quantitative estimate of drug-likeness (QED) is 0.368. The Morgan fingerprint density at radius 1 is 1.19 bits per heavy atom. The van der Waals surface area contributed by atoms with Gasteiger partial charge in [-0.05, 0) is 48.5 Å². The Morgan fingerprint density at radius 3 is 2.77 bits per heavy atom. The van der Waals surface area contributed by atoms with Gasteiger partial charge < -0.3 is 25.0 Å². The number of imidazole rings is 1. The summed E-state index contributed by atoms with van der Waals surface area (Å²) >= 11 is 3.43. The molecular formula is C22H20BrN5O3. The molecule has 0 aliphatic rings.